The molecule has 52 heavy (non-hydrogen) atoms. The van der Waals surface area contributed by atoms with Gasteiger partial charge in [-0.2, -0.15) is 0 Å². The van der Waals surface area contributed by atoms with Crippen LogP contribution in [-0.4, -0.2) is 201 Å². The Kier molecular flexibility index (Phi) is 15.2. The predicted molar refractivity (Wildman–Crippen MR) is 173 cm³/mol. The predicted octanol–water partition coefficient (Wildman–Crippen LogP) is -10.5. The van der Waals surface area contributed by atoms with E-state index in [0.717, 1.165) is 0 Å². The van der Waals surface area contributed by atoms with Crippen LogP contribution < -0.4 is 45.0 Å². The van der Waals surface area contributed by atoms with E-state index in [9.17, 15) is 45.6 Å². The minimum Gasteiger partial charge on any atom is -0.394 e. The van der Waals surface area contributed by atoms with E-state index in [4.69, 9.17) is 68.2 Å². The standard InChI is InChI=1S/C28H55N9O15/c29-4-10-16(41)18(43)13(32)25(47-10)50-21-7(31)3-8(37-24(46)9(39)1-2-36-28(34)35)15(40)23(21)52-27-20(45)22(12(6-38)49-27)51-26-14(33)19(44)17(42)11(5-30)48-26/h7-23,25-27,38-45H,1-6,29-33H2,(H,37,46)(H4,34,35,36)/t7-,8+,9-,10+,11-,12+,13+,14+,15-,16+,17+,18-,19+,20+,21+,22+,23+,25+,26+,27-/m0/s1. The minimum atomic E-state index is -1.74. The van der Waals surface area contributed by atoms with E-state index < -0.39 is 135 Å². The van der Waals surface area contributed by atoms with E-state index >= 15 is 0 Å². The molecule has 23 N–H and O–H groups in total. The number of guanidine groups is 1. The zero-order valence-electron chi connectivity index (χ0n) is 28.2. The summed E-state index contributed by atoms with van der Waals surface area (Å²) in [6.45, 7) is -1.20. The van der Waals surface area contributed by atoms with Crippen LogP contribution in [0.5, 0.6) is 0 Å². The molecule has 0 spiro atoms. The smallest absolute Gasteiger partial charge is 0.249 e. The van der Waals surface area contributed by atoms with Crippen LogP contribution in [0.1, 0.15) is 12.8 Å². The van der Waals surface area contributed by atoms with E-state index in [2.05, 4.69) is 10.6 Å². The van der Waals surface area contributed by atoms with Gasteiger partial charge in [0.15, 0.2) is 24.8 Å². The van der Waals surface area contributed by atoms with Gasteiger partial charge in [-0.15, -0.1) is 0 Å². The first kappa shape index (κ1) is 42.7. The maximum atomic E-state index is 12.9. The van der Waals surface area contributed by atoms with Gasteiger partial charge < -0.3 is 114 Å². The fraction of sp³-hybridized carbons (Fsp3) is 0.929. The average Bonchev–Trinajstić information content (AvgIpc) is 3.41. The number of amides is 1. The number of aliphatic hydroxyl groups excluding tert-OH is 8. The van der Waals surface area contributed by atoms with Crippen molar-refractivity contribution in [2.75, 3.05) is 26.2 Å². The van der Waals surface area contributed by atoms with E-state index in [-0.39, 0.29) is 38.4 Å². The molecule has 0 aromatic carbocycles. The molecular formula is C28H55N9O15. The van der Waals surface area contributed by atoms with E-state index in [1.165, 1.54) is 0 Å². The van der Waals surface area contributed by atoms with Crippen molar-refractivity contribution in [3.05, 3.63) is 0 Å². The molecule has 4 rings (SSSR count). The summed E-state index contributed by atoms with van der Waals surface area (Å²) >= 11 is 0. The number of hydrogen-bond donors (Lipinski definition) is 17. The first-order valence-electron chi connectivity index (χ1n) is 16.9. The van der Waals surface area contributed by atoms with Gasteiger partial charge in [0.1, 0.15) is 79.4 Å². The Labute approximate surface area is 298 Å². The molecule has 20 atom stereocenters. The van der Waals surface area contributed by atoms with Crippen molar-refractivity contribution in [3.8, 4) is 0 Å². The van der Waals surface area contributed by atoms with Crippen molar-refractivity contribution in [2.45, 2.75) is 135 Å². The van der Waals surface area contributed by atoms with Gasteiger partial charge in [0.05, 0.1) is 24.7 Å². The van der Waals surface area contributed by atoms with Gasteiger partial charge in [-0.25, -0.2) is 0 Å². The highest BCUT2D eigenvalue weighted by Gasteiger charge is 2.55. The lowest BCUT2D eigenvalue weighted by Gasteiger charge is -2.48. The summed E-state index contributed by atoms with van der Waals surface area (Å²) in [5, 5.41) is 97.1. The maximum Gasteiger partial charge on any atom is 0.249 e. The SMILES string of the molecule is N=C(N)NCC[C@H](O)C(=O)N[C@@H]1C[C@H](N)[C@@H](O[C@H]2O[C@H](CN)[C@@H](O)[C@@H](O)[C@H]2N)[C@H](O[C@@H]2O[C@H](CO)[C@@H](O[C@H]3O[C@@H](CN)[C@@H](O)[C@H](O)[C@H]3N)[C@H]2O)[C@H]1O. The van der Waals surface area contributed by atoms with Crippen LogP contribution >= 0.6 is 0 Å². The van der Waals surface area contributed by atoms with Crippen LogP contribution in [0.15, 0.2) is 0 Å². The lowest BCUT2D eigenvalue weighted by molar-refractivity contribution is -0.307. The van der Waals surface area contributed by atoms with E-state index in [0.29, 0.717) is 0 Å². The zero-order chi connectivity index (χ0) is 38.6. The Bertz CT molecular complexity index is 1170. The Morgan fingerprint density at radius 3 is 1.75 bits per heavy atom. The minimum absolute atomic E-state index is 0.0142. The molecule has 302 valence electrons. The molecule has 3 saturated heterocycles. The molecule has 0 bridgehead atoms. The monoisotopic (exact) mass is 757 g/mol. The molecule has 3 aliphatic heterocycles. The van der Waals surface area contributed by atoms with Crippen LogP contribution in [0.4, 0.5) is 0 Å². The van der Waals surface area contributed by atoms with Gasteiger partial charge in [0.25, 0.3) is 0 Å². The van der Waals surface area contributed by atoms with Gasteiger partial charge in [0.2, 0.25) is 5.91 Å². The number of nitrogens with one attached hydrogen (secondary N) is 3. The number of nitrogens with two attached hydrogens (primary N) is 6. The van der Waals surface area contributed by atoms with Gasteiger partial charge in [0, 0.05) is 25.7 Å². The molecule has 1 saturated carbocycles. The lowest BCUT2D eigenvalue weighted by atomic mass is 9.83. The summed E-state index contributed by atoms with van der Waals surface area (Å²) in [5.41, 5.74) is 35.2. The van der Waals surface area contributed by atoms with E-state index in [1.54, 1.807) is 0 Å². The van der Waals surface area contributed by atoms with Gasteiger partial charge >= 0.3 is 0 Å². The maximum absolute atomic E-state index is 12.9. The molecule has 24 heteroatoms. The van der Waals surface area contributed by atoms with Crippen LogP contribution in [-0.2, 0) is 33.2 Å². The van der Waals surface area contributed by atoms with Crippen molar-refractivity contribution in [2.24, 2.45) is 34.4 Å². The second kappa shape index (κ2) is 18.5. The summed E-state index contributed by atoms with van der Waals surface area (Å²) in [6.07, 6.45) is -23.8. The number of aliphatic hydroxyl groups is 8. The highest BCUT2D eigenvalue weighted by molar-refractivity contribution is 5.81. The van der Waals surface area contributed by atoms with Crippen LogP contribution in [0.25, 0.3) is 0 Å². The Morgan fingerprint density at radius 2 is 1.25 bits per heavy atom. The van der Waals surface area contributed by atoms with E-state index in [1.807, 2.05) is 0 Å². The fourth-order valence-electron chi connectivity index (χ4n) is 6.60. The first-order chi connectivity index (χ1) is 24.5. The second-order valence-electron chi connectivity index (χ2n) is 13.3. The third kappa shape index (κ3) is 9.43. The Morgan fingerprint density at radius 1 is 0.750 bits per heavy atom. The molecular weight excluding hydrogens is 702 g/mol. The highest BCUT2D eigenvalue weighted by atomic mass is 16.8. The van der Waals surface area contributed by atoms with Crippen LogP contribution in [0.3, 0.4) is 0 Å². The summed E-state index contributed by atoms with van der Waals surface area (Å²) in [6, 6.07) is -4.94. The van der Waals surface area contributed by atoms with Crippen molar-refractivity contribution < 1.29 is 74.1 Å². The molecule has 3 heterocycles. The highest BCUT2D eigenvalue weighted by Crippen LogP contribution is 2.34. The molecule has 1 amide bonds. The topological polar surface area (TPSA) is 438 Å². The molecule has 0 radical (unpaired) electrons. The second-order valence-corrected chi connectivity index (χ2v) is 13.3. The lowest BCUT2D eigenvalue weighted by Crippen LogP contribution is -2.69. The van der Waals surface area contributed by atoms with Gasteiger partial charge in [-0.05, 0) is 12.8 Å². The summed E-state index contributed by atoms with van der Waals surface area (Å²) in [5.74, 6) is -1.27. The molecule has 1 aliphatic carbocycles. The number of rotatable bonds is 14. The summed E-state index contributed by atoms with van der Waals surface area (Å²) in [7, 11) is 0. The van der Waals surface area contributed by atoms with Gasteiger partial charge in [-0.3, -0.25) is 10.2 Å². The average molecular weight is 758 g/mol. The Hall–Kier alpha value is -2.02. The van der Waals surface area contributed by atoms with Crippen LogP contribution in [0, 0.1) is 5.41 Å². The molecule has 0 aromatic rings. The van der Waals surface area contributed by atoms with Crippen LogP contribution in [0.2, 0.25) is 0 Å². The molecule has 24 nitrogen and oxygen atoms in total. The Balaban J connectivity index is 1.56. The molecule has 0 aromatic heterocycles. The third-order valence-electron chi connectivity index (χ3n) is 9.69. The zero-order valence-corrected chi connectivity index (χ0v) is 28.2. The fourth-order valence-corrected chi connectivity index (χ4v) is 6.60. The van der Waals surface area contributed by atoms with Gasteiger partial charge in [-0.1, -0.05) is 0 Å². The molecule has 0 unspecified atom stereocenters. The largest absolute Gasteiger partial charge is 0.394 e. The number of carbonyl (C=O) groups is 1. The number of hydrogen-bond acceptors (Lipinski definition) is 21. The summed E-state index contributed by atoms with van der Waals surface area (Å²) in [4.78, 5) is 12.9. The summed E-state index contributed by atoms with van der Waals surface area (Å²) < 4.78 is 35.0. The molecule has 4 aliphatic rings. The van der Waals surface area contributed by atoms with Crippen molar-refractivity contribution in [1.82, 2.24) is 10.6 Å². The first-order valence-corrected chi connectivity index (χ1v) is 16.9. The van der Waals surface area contributed by atoms with Crippen molar-refractivity contribution in [3.63, 3.8) is 0 Å². The molecule has 4 fully saturated rings. The van der Waals surface area contributed by atoms with Crippen molar-refractivity contribution >= 4 is 11.9 Å². The normalized spacial score (nSPS) is 46.1. The number of carbonyl (C=O) groups excluding carboxylic acids is 1. The van der Waals surface area contributed by atoms with Crippen molar-refractivity contribution in [1.29, 1.82) is 5.41 Å². The number of ether oxygens (including phenoxy) is 6. The quantitative estimate of drug-likeness (QED) is 0.0577. The third-order valence-corrected chi connectivity index (χ3v) is 9.69.